The zero-order chi connectivity index (χ0) is 28.0. The van der Waals surface area contributed by atoms with E-state index in [1.165, 1.54) is 34.6 Å². The van der Waals surface area contributed by atoms with Gasteiger partial charge in [0, 0.05) is 27.8 Å². The van der Waals surface area contributed by atoms with Crippen LogP contribution in [-0.4, -0.2) is 18.6 Å². The Balaban J connectivity index is 1.57. The number of nitrogens with zero attached hydrogens (tertiary/aromatic N) is 2. The molecule has 0 aliphatic heterocycles. The number of carbonyl (C=O) groups excluding carboxylic acids is 1. The van der Waals surface area contributed by atoms with E-state index in [0.717, 1.165) is 15.6 Å². The van der Waals surface area contributed by atoms with E-state index in [-0.39, 0.29) is 29.3 Å². The van der Waals surface area contributed by atoms with Gasteiger partial charge in [0.2, 0.25) is 10.0 Å². The molecule has 4 rings (SSSR count). The summed E-state index contributed by atoms with van der Waals surface area (Å²) in [4.78, 5) is 12.7. The van der Waals surface area contributed by atoms with Crippen molar-refractivity contribution < 1.29 is 17.6 Å². The van der Waals surface area contributed by atoms with E-state index in [4.69, 9.17) is 16.0 Å². The summed E-state index contributed by atoms with van der Waals surface area (Å²) in [7, 11) is -3.91. The number of nitriles is 1. The first-order valence-electron chi connectivity index (χ1n) is 11.7. The van der Waals surface area contributed by atoms with Gasteiger partial charge in [-0.2, -0.15) is 9.57 Å². The van der Waals surface area contributed by atoms with Crippen molar-refractivity contribution in [2.24, 2.45) is 0 Å². The maximum absolute atomic E-state index is 13.6. The highest BCUT2D eigenvalue weighted by Crippen LogP contribution is 2.24. The highest BCUT2D eigenvalue weighted by atomic mass is 79.9. The van der Waals surface area contributed by atoms with Gasteiger partial charge in [-0.15, -0.1) is 0 Å². The van der Waals surface area contributed by atoms with Crippen molar-refractivity contribution >= 4 is 55.2 Å². The second-order valence-corrected chi connectivity index (χ2v) is 11.9. The standard InChI is InChI=1S/C29H23BrClN3O4S/c1-20-2-4-21(5-3-20)18-34(39(36,37)28-14-8-24(31)9-15-28)19-27-13-12-26(38-27)16-22(17-32)29(35)33-25-10-6-23(30)7-11-25/h2-16H,18-19H2,1H3,(H,33,35)/b22-16-. The number of anilines is 1. The molecule has 0 aliphatic rings. The zero-order valence-electron chi connectivity index (χ0n) is 20.8. The average Bonchev–Trinajstić information content (AvgIpc) is 3.36. The van der Waals surface area contributed by atoms with Gasteiger partial charge < -0.3 is 9.73 Å². The molecule has 7 nitrogen and oxygen atoms in total. The molecular formula is C29H23BrClN3O4S. The van der Waals surface area contributed by atoms with E-state index >= 15 is 0 Å². The molecule has 198 valence electrons. The van der Waals surface area contributed by atoms with Crippen LogP contribution in [0.2, 0.25) is 5.02 Å². The first-order chi connectivity index (χ1) is 18.6. The van der Waals surface area contributed by atoms with Crippen LogP contribution in [0.25, 0.3) is 6.08 Å². The van der Waals surface area contributed by atoms with Gasteiger partial charge in [-0.05, 0) is 73.2 Å². The van der Waals surface area contributed by atoms with Crippen LogP contribution < -0.4 is 5.32 Å². The molecule has 3 aromatic carbocycles. The van der Waals surface area contributed by atoms with Crippen molar-refractivity contribution in [3.8, 4) is 6.07 Å². The highest BCUT2D eigenvalue weighted by Gasteiger charge is 2.26. The van der Waals surface area contributed by atoms with Crippen molar-refractivity contribution in [1.29, 1.82) is 5.26 Å². The van der Waals surface area contributed by atoms with Gasteiger partial charge in [0.25, 0.3) is 5.91 Å². The van der Waals surface area contributed by atoms with Gasteiger partial charge in [-0.25, -0.2) is 8.42 Å². The molecule has 0 saturated carbocycles. The number of nitrogens with one attached hydrogen (secondary N) is 1. The molecule has 1 aromatic heterocycles. The molecule has 10 heteroatoms. The lowest BCUT2D eigenvalue weighted by Crippen LogP contribution is -2.30. The molecule has 1 amide bonds. The number of carbonyl (C=O) groups is 1. The number of aryl methyl sites for hydroxylation is 1. The fourth-order valence-corrected chi connectivity index (χ4v) is 5.42. The number of amides is 1. The molecular weight excluding hydrogens is 602 g/mol. The lowest BCUT2D eigenvalue weighted by atomic mass is 10.1. The third-order valence-electron chi connectivity index (χ3n) is 5.70. The second kappa shape index (κ2) is 12.5. The molecule has 1 N–H and O–H groups in total. The highest BCUT2D eigenvalue weighted by molar-refractivity contribution is 9.10. The predicted molar refractivity (Wildman–Crippen MR) is 154 cm³/mol. The molecule has 0 saturated heterocycles. The molecule has 0 spiro atoms. The Bertz CT molecular complexity index is 1640. The summed E-state index contributed by atoms with van der Waals surface area (Å²) in [5, 5.41) is 12.6. The predicted octanol–water partition coefficient (Wildman–Crippen LogP) is 6.94. The monoisotopic (exact) mass is 623 g/mol. The first-order valence-corrected chi connectivity index (χ1v) is 14.3. The quantitative estimate of drug-likeness (QED) is 0.161. The third-order valence-corrected chi connectivity index (χ3v) is 8.29. The van der Waals surface area contributed by atoms with Crippen LogP contribution >= 0.6 is 27.5 Å². The van der Waals surface area contributed by atoms with Crippen molar-refractivity contribution in [3.05, 3.63) is 123 Å². The second-order valence-electron chi connectivity index (χ2n) is 8.65. The largest absolute Gasteiger partial charge is 0.460 e. The number of rotatable bonds is 9. The Morgan fingerprint density at radius 3 is 2.31 bits per heavy atom. The van der Waals surface area contributed by atoms with Crippen LogP contribution in [0.5, 0.6) is 0 Å². The van der Waals surface area contributed by atoms with Crippen molar-refractivity contribution in [2.45, 2.75) is 24.9 Å². The SMILES string of the molecule is Cc1ccc(CN(Cc2ccc(/C=C(/C#N)C(=O)Nc3ccc(Br)cc3)o2)S(=O)(=O)c2ccc(Cl)cc2)cc1. The van der Waals surface area contributed by atoms with Crippen molar-refractivity contribution in [1.82, 2.24) is 4.31 Å². The molecule has 0 fully saturated rings. The normalized spacial score (nSPS) is 11.8. The molecule has 39 heavy (non-hydrogen) atoms. The topological polar surface area (TPSA) is 103 Å². The van der Waals surface area contributed by atoms with Crippen LogP contribution in [0.4, 0.5) is 5.69 Å². The number of hydrogen-bond acceptors (Lipinski definition) is 5. The van der Waals surface area contributed by atoms with Gasteiger partial charge in [0.1, 0.15) is 23.2 Å². The van der Waals surface area contributed by atoms with E-state index in [1.807, 2.05) is 37.3 Å². The number of furan rings is 1. The molecule has 0 atom stereocenters. The Kier molecular flexibility index (Phi) is 9.04. The van der Waals surface area contributed by atoms with Crippen LogP contribution in [0.3, 0.4) is 0 Å². The summed E-state index contributed by atoms with van der Waals surface area (Å²) in [6.45, 7) is 1.99. The number of sulfonamides is 1. The lowest BCUT2D eigenvalue weighted by Gasteiger charge is -2.21. The summed E-state index contributed by atoms with van der Waals surface area (Å²) in [5.41, 5.74) is 2.24. The summed E-state index contributed by atoms with van der Waals surface area (Å²) in [6, 6.07) is 25.6. The minimum absolute atomic E-state index is 0.0698. The average molecular weight is 625 g/mol. The Morgan fingerprint density at radius 2 is 1.67 bits per heavy atom. The van der Waals surface area contributed by atoms with E-state index < -0.39 is 15.9 Å². The van der Waals surface area contributed by atoms with Crippen LogP contribution in [0.1, 0.15) is 22.6 Å². The minimum atomic E-state index is -3.91. The number of benzene rings is 3. The van der Waals surface area contributed by atoms with Crippen molar-refractivity contribution in [2.75, 3.05) is 5.32 Å². The third kappa shape index (κ3) is 7.46. The van der Waals surface area contributed by atoms with E-state index in [1.54, 1.807) is 36.4 Å². The molecule has 0 bridgehead atoms. The van der Waals surface area contributed by atoms with Crippen LogP contribution in [0, 0.1) is 18.3 Å². The number of halogens is 2. The van der Waals surface area contributed by atoms with E-state index in [0.29, 0.717) is 16.5 Å². The smallest absolute Gasteiger partial charge is 0.266 e. The van der Waals surface area contributed by atoms with Gasteiger partial charge in [-0.1, -0.05) is 57.4 Å². The summed E-state index contributed by atoms with van der Waals surface area (Å²) in [6.07, 6.45) is 1.32. The first kappa shape index (κ1) is 28.3. The van der Waals surface area contributed by atoms with Gasteiger partial charge in [-0.3, -0.25) is 4.79 Å². The molecule has 0 radical (unpaired) electrons. The maximum Gasteiger partial charge on any atom is 0.266 e. The molecule has 1 heterocycles. The summed E-state index contributed by atoms with van der Waals surface area (Å²) in [5.74, 6) is -0.00715. The van der Waals surface area contributed by atoms with Crippen molar-refractivity contribution in [3.63, 3.8) is 0 Å². The Hall–Kier alpha value is -3.68. The molecule has 0 aliphatic carbocycles. The summed E-state index contributed by atoms with van der Waals surface area (Å²) < 4.78 is 35.1. The molecule has 4 aromatic rings. The number of hydrogen-bond donors (Lipinski definition) is 1. The minimum Gasteiger partial charge on any atom is -0.460 e. The molecule has 0 unspecified atom stereocenters. The lowest BCUT2D eigenvalue weighted by molar-refractivity contribution is -0.112. The zero-order valence-corrected chi connectivity index (χ0v) is 23.9. The van der Waals surface area contributed by atoms with Gasteiger partial charge in [0.15, 0.2) is 0 Å². The van der Waals surface area contributed by atoms with Crippen LogP contribution in [-0.2, 0) is 27.9 Å². The van der Waals surface area contributed by atoms with E-state index in [9.17, 15) is 18.5 Å². The van der Waals surface area contributed by atoms with Gasteiger partial charge >= 0.3 is 0 Å². The Labute approximate surface area is 240 Å². The fraction of sp³-hybridized carbons (Fsp3) is 0.103. The maximum atomic E-state index is 13.6. The fourth-order valence-electron chi connectivity index (χ4n) is 3.63. The van der Waals surface area contributed by atoms with E-state index in [2.05, 4.69) is 21.2 Å². The summed E-state index contributed by atoms with van der Waals surface area (Å²) >= 11 is 9.30. The Morgan fingerprint density at radius 1 is 1.00 bits per heavy atom. The van der Waals surface area contributed by atoms with Crippen LogP contribution in [0.15, 0.2) is 104 Å². The van der Waals surface area contributed by atoms with Gasteiger partial charge in [0.05, 0.1) is 11.4 Å².